The zero-order valence-corrected chi connectivity index (χ0v) is 30.0. The topological polar surface area (TPSA) is 128 Å². The second-order valence-corrected chi connectivity index (χ2v) is 12.4. The molecule has 0 radical (unpaired) electrons. The molecule has 0 spiro atoms. The summed E-state index contributed by atoms with van der Waals surface area (Å²) >= 11 is 13.5. The van der Waals surface area contributed by atoms with Crippen LogP contribution in [-0.2, 0) is 22.6 Å². The Morgan fingerprint density at radius 3 is 2.33 bits per heavy atom. The molecule has 0 aliphatic rings. The number of benzene rings is 3. The van der Waals surface area contributed by atoms with Crippen LogP contribution in [0.25, 0.3) is 22.2 Å². The summed E-state index contributed by atoms with van der Waals surface area (Å²) in [7, 11) is 6.77. The first-order valence-electron chi connectivity index (χ1n) is 15.7. The predicted octanol–water partition coefficient (Wildman–Crippen LogP) is 6.93. The van der Waals surface area contributed by atoms with Crippen LogP contribution in [0.3, 0.4) is 0 Å². The third-order valence-corrected chi connectivity index (χ3v) is 8.57. The summed E-state index contributed by atoms with van der Waals surface area (Å²) in [5.41, 5.74) is 3.02. The number of hydrogen-bond acceptors (Lipinski definition) is 9. The molecule has 0 bridgehead atoms. The molecule has 5 aromatic rings. The smallest absolute Gasteiger partial charge is 0.260 e. The summed E-state index contributed by atoms with van der Waals surface area (Å²) in [6, 6.07) is 17.6. The highest BCUT2D eigenvalue weighted by Gasteiger charge is 2.23. The fourth-order valence-corrected chi connectivity index (χ4v) is 6.00. The van der Waals surface area contributed by atoms with E-state index in [9.17, 15) is 14.4 Å². The van der Waals surface area contributed by atoms with Crippen molar-refractivity contribution < 1.29 is 19.1 Å². The molecule has 0 saturated carbocycles. The largest absolute Gasteiger partial charge is 0.495 e. The maximum atomic E-state index is 14.5. The van der Waals surface area contributed by atoms with Gasteiger partial charge in [0.2, 0.25) is 11.9 Å². The first-order chi connectivity index (χ1) is 24.5. The minimum absolute atomic E-state index is 0.0477. The number of para-hydroxylation sites is 1. The van der Waals surface area contributed by atoms with Crippen molar-refractivity contribution in [1.82, 2.24) is 19.4 Å². The Bertz CT molecular complexity index is 2170. The summed E-state index contributed by atoms with van der Waals surface area (Å²) in [6.07, 6.45) is 6.35. The number of ether oxygens (including phenoxy) is 2. The molecule has 0 aliphatic heterocycles. The van der Waals surface area contributed by atoms with E-state index in [1.165, 1.54) is 24.9 Å². The van der Waals surface area contributed by atoms with E-state index in [4.69, 9.17) is 37.7 Å². The van der Waals surface area contributed by atoms with E-state index in [1.807, 2.05) is 49.3 Å². The summed E-state index contributed by atoms with van der Waals surface area (Å²) < 4.78 is 12.4. The number of methoxy groups -OCH3 is 2. The van der Waals surface area contributed by atoms with Crippen molar-refractivity contribution in [2.45, 2.75) is 13.0 Å². The molecule has 2 heterocycles. The van der Waals surface area contributed by atoms with Crippen LogP contribution in [0.5, 0.6) is 11.5 Å². The molecule has 5 rings (SSSR count). The predicted molar refractivity (Wildman–Crippen MR) is 203 cm³/mol. The number of fused-ring (bicyclic) bond motifs is 1. The van der Waals surface area contributed by atoms with Crippen LogP contribution in [0.1, 0.15) is 11.1 Å². The van der Waals surface area contributed by atoms with Gasteiger partial charge >= 0.3 is 0 Å². The van der Waals surface area contributed by atoms with Gasteiger partial charge in [-0.1, -0.05) is 66.2 Å². The lowest BCUT2D eigenvalue weighted by atomic mass is 10.0. The van der Waals surface area contributed by atoms with Crippen molar-refractivity contribution in [3.63, 3.8) is 0 Å². The molecule has 2 N–H and O–H groups in total. The van der Waals surface area contributed by atoms with E-state index < -0.39 is 5.56 Å². The number of anilines is 3. The minimum atomic E-state index is -0.439. The van der Waals surface area contributed by atoms with Crippen LogP contribution in [0.4, 0.5) is 17.3 Å². The summed E-state index contributed by atoms with van der Waals surface area (Å²) in [6.45, 7) is 4.23. The number of nitrogens with one attached hydrogen (secondary N) is 2. The van der Waals surface area contributed by atoms with Gasteiger partial charge in [0.25, 0.3) is 5.56 Å². The van der Waals surface area contributed by atoms with Crippen molar-refractivity contribution in [1.29, 1.82) is 0 Å². The Hall–Kier alpha value is -5.49. The van der Waals surface area contributed by atoms with Crippen LogP contribution in [0.15, 0.2) is 96.5 Å². The van der Waals surface area contributed by atoms with Crippen molar-refractivity contribution in [3.05, 3.63) is 123 Å². The number of halogens is 2. The van der Waals surface area contributed by atoms with Gasteiger partial charge in [0, 0.05) is 47.6 Å². The van der Waals surface area contributed by atoms with Crippen LogP contribution < -0.4 is 25.7 Å². The van der Waals surface area contributed by atoms with Crippen LogP contribution in [0, 0.1) is 0 Å². The normalized spacial score (nSPS) is 11.2. The number of carbonyl (C=O) groups excluding carboxylic acids is 2. The Morgan fingerprint density at radius 1 is 1.00 bits per heavy atom. The second kappa shape index (κ2) is 16.5. The first kappa shape index (κ1) is 36.8. The lowest BCUT2D eigenvalue weighted by Crippen LogP contribution is -2.24. The maximum absolute atomic E-state index is 14.5. The number of aromatic nitrogens is 3. The Kier molecular flexibility index (Phi) is 11.9. The van der Waals surface area contributed by atoms with Crippen LogP contribution in [-0.4, -0.2) is 66.0 Å². The summed E-state index contributed by atoms with van der Waals surface area (Å²) in [5, 5.41) is 6.74. The second-order valence-electron chi connectivity index (χ2n) is 11.7. The molecule has 0 fully saturated rings. The van der Waals surface area contributed by atoms with Gasteiger partial charge in [0.15, 0.2) is 5.78 Å². The zero-order valence-electron chi connectivity index (χ0n) is 28.5. The monoisotopic (exact) mass is 726 g/mol. The molecule has 0 saturated heterocycles. The molecule has 3 aromatic carbocycles. The van der Waals surface area contributed by atoms with Gasteiger partial charge in [-0.3, -0.25) is 19.0 Å². The average Bonchev–Trinajstić information content (AvgIpc) is 3.11. The molecule has 0 unspecified atom stereocenters. The molecule has 0 aliphatic carbocycles. The third kappa shape index (κ3) is 8.64. The number of carbonyl (C=O) groups is 2. The highest BCUT2D eigenvalue weighted by atomic mass is 35.5. The highest BCUT2D eigenvalue weighted by molar-refractivity contribution is 6.41. The van der Waals surface area contributed by atoms with Gasteiger partial charge in [-0.15, -0.1) is 0 Å². The Morgan fingerprint density at radius 2 is 1.69 bits per heavy atom. The zero-order chi connectivity index (χ0) is 36.7. The molecule has 0 atom stereocenters. The van der Waals surface area contributed by atoms with Crippen molar-refractivity contribution >= 4 is 63.2 Å². The SMILES string of the molecule is C=CC(=O)Nc1ccc(Cn2c(=O)c(-c3c(Cl)c(OC)cc(OC)c3Cl)cc3cnc(Nc4ccccc4CC(=O)/C=C/CN(C)C)nc32)cc1. The number of pyridine rings is 1. The quantitative estimate of drug-likeness (QED) is 0.117. The summed E-state index contributed by atoms with van der Waals surface area (Å²) in [4.78, 5) is 50.3. The fourth-order valence-electron chi connectivity index (χ4n) is 5.29. The summed E-state index contributed by atoms with van der Waals surface area (Å²) in [5.74, 6) is 0.375. The maximum Gasteiger partial charge on any atom is 0.260 e. The van der Waals surface area contributed by atoms with E-state index in [0.29, 0.717) is 29.0 Å². The minimum Gasteiger partial charge on any atom is -0.495 e. The lowest BCUT2D eigenvalue weighted by Gasteiger charge is -2.18. The average molecular weight is 728 g/mol. The molecule has 13 heteroatoms. The number of amides is 1. The van der Waals surface area contributed by atoms with Gasteiger partial charge in [0.1, 0.15) is 17.1 Å². The van der Waals surface area contributed by atoms with Crippen molar-refractivity contribution in [2.24, 2.45) is 0 Å². The van der Waals surface area contributed by atoms with Gasteiger partial charge in [-0.05, 0) is 61.6 Å². The van der Waals surface area contributed by atoms with Crippen molar-refractivity contribution in [3.8, 4) is 22.6 Å². The van der Waals surface area contributed by atoms with E-state index in [2.05, 4.69) is 22.2 Å². The lowest BCUT2D eigenvalue weighted by molar-refractivity contribution is -0.114. The van der Waals surface area contributed by atoms with Gasteiger partial charge < -0.3 is 25.0 Å². The van der Waals surface area contributed by atoms with Gasteiger partial charge in [-0.25, -0.2) is 4.98 Å². The number of rotatable bonds is 14. The number of likely N-dealkylation sites (N-methyl/N-ethyl adjacent to an activating group) is 1. The molecule has 11 nitrogen and oxygen atoms in total. The standard InChI is InChI=1S/C38H36Cl2N6O5/c1-6-32(48)42-26-15-13-23(14-16-26)22-46-36-25(19-28(37(46)49)33-34(39)30(50-4)20-31(51-5)35(33)40)21-41-38(44-36)43-29-12-8-7-10-24(29)18-27(47)11-9-17-45(2)3/h6-16,19-21H,1,17-18,22H2,2-5H3,(H,42,48)(H,41,43,44)/b11-9+. The van der Waals surface area contributed by atoms with E-state index >= 15 is 0 Å². The van der Waals surface area contributed by atoms with Crippen LogP contribution >= 0.6 is 23.2 Å². The van der Waals surface area contributed by atoms with E-state index in [-0.39, 0.29) is 63.3 Å². The molecule has 1 amide bonds. The van der Waals surface area contributed by atoms with Crippen molar-refractivity contribution in [2.75, 3.05) is 45.5 Å². The Balaban J connectivity index is 1.61. The highest BCUT2D eigenvalue weighted by Crippen LogP contribution is 2.45. The number of ketones is 1. The van der Waals surface area contributed by atoms with Gasteiger partial charge in [-0.2, -0.15) is 4.98 Å². The molecule has 2 aromatic heterocycles. The number of nitrogens with zero attached hydrogens (tertiary/aromatic N) is 4. The Labute approximate surface area is 305 Å². The third-order valence-electron chi connectivity index (χ3n) is 7.82. The molecule has 51 heavy (non-hydrogen) atoms. The van der Waals surface area contributed by atoms with E-state index in [0.717, 1.165) is 11.1 Å². The van der Waals surface area contributed by atoms with Gasteiger partial charge in [0.05, 0.1) is 36.4 Å². The van der Waals surface area contributed by atoms with Crippen LogP contribution in [0.2, 0.25) is 10.0 Å². The number of hydrogen-bond donors (Lipinski definition) is 2. The molecule has 262 valence electrons. The first-order valence-corrected chi connectivity index (χ1v) is 16.5. The fraction of sp³-hybridized carbons (Fsp3) is 0.184. The number of allylic oxidation sites excluding steroid dienone is 1. The molecular weight excluding hydrogens is 691 g/mol. The van der Waals surface area contributed by atoms with E-state index in [1.54, 1.807) is 48.7 Å². The molecular formula is C38H36Cl2N6O5.